The fraction of sp³-hybridized carbons (Fsp3) is 0.571. The van der Waals surface area contributed by atoms with Crippen molar-refractivity contribution in [3.8, 4) is 5.75 Å². The maximum atomic E-state index is 13.6. The molecular weight excluding hydrogens is 249 g/mol. The number of ether oxygens (including phenoxy) is 1. The van der Waals surface area contributed by atoms with Crippen LogP contribution in [-0.4, -0.2) is 24.7 Å². The van der Waals surface area contributed by atoms with E-state index in [1.165, 1.54) is 25.3 Å². The van der Waals surface area contributed by atoms with E-state index in [0.717, 1.165) is 11.4 Å². The molecule has 1 aromatic carbocycles. The zero-order valence-corrected chi connectivity index (χ0v) is 11.9. The molecule has 1 fully saturated rings. The summed E-state index contributed by atoms with van der Waals surface area (Å²) in [4.78, 5) is 0. The van der Waals surface area contributed by atoms with Crippen molar-refractivity contribution in [1.29, 1.82) is 0 Å². The van der Waals surface area contributed by atoms with E-state index in [4.69, 9.17) is 4.74 Å². The largest absolute Gasteiger partial charge is 0.494 e. The minimum absolute atomic E-state index is 0.252. The Morgan fingerprint density at radius 2 is 2.22 bits per heavy atom. The van der Waals surface area contributed by atoms with Gasteiger partial charge in [0.05, 0.1) is 7.11 Å². The minimum Gasteiger partial charge on any atom is -0.494 e. The van der Waals surface area contributed by atoms with Crippen molar-refractivity contribution in [1.82, 2.24) is 0 Å². The van der Waals surface area contributed by atoms with Gasteiger partial charge in [0.15, 0.2) is 11.6 Å². The molecule has 1 atom stereocenters. The maximum absolute atomic E-state index is 13.6. The number of rotatable bonds is 3. The van der Waals surface area contributed by atoms with E-state index >= 15 is 0 Å². The van der Waals surface area contributed by atoms with Gasteiger partial charge in [0, 0.05) is 23.5 Å². The van der Waals surface area contributed by atoms with E-state index < -0.39 is 0 Å². The van der Waals surface area contributed by atoms with Crippen LogP contribution in [0, 0.1) is 11.2 Å². The minimum atomic E-state index is -0.316. The van der Waals surface area contributed by atoms with E-state index in [0.29, 0.717) is 6.04 Å². The molecular formula is C14H20FNOS. The number of nitrogens with one attached hydrogen (secondary N) is 1. The van der Waals surface area contributed by atoms with E-state index in [1.54, 1.807) is 6.07 Å². The molecule has 1 aliphatic rings. The van der Waals surface area contributed by atoms with Crippen LogP contribution in [0.4, 0.5) is 10.1 Å². The Labute approximate surface area is 112 Å². The third kappa shape index (κ3) is 2.91. The molecule has 2 rings (SSSR count). The Balaban J connectivity index is 2.11. The molecule has 18 heavy (non-hydrogen) atoms. The van der Waals surface area contributed by atoms with Gasteiger partial charge in [-0.15, -0.1) is 0 Å². The first-order chi connectivity index (χ1) is 8.53. The molecule has 0 radical (unpaired) electrons. The van der Waals surface area contributed by atoms with E-state index in [-0.39, 0.29) is 17.0 Å². The highest BCUT2D eigenvalue weighted by molar-refractivity contribution is 7.99. The zero-order chi connectivity index (χ0) is 13.2. The summed E-state index contributed by atoms with van der Waals surface area (Å²) < 4.78 is 18.6. The van der Waals surface area contributed by atoms with Crippen LogP contribution in [0.15, 0.2) is 18.2 Å². The third-order valence-corrected chi connectivity index (χ3v) is 4.67. The molecule has 1 aromatic rings. The van der Waals surface area contributed by atoms with Crippen molar-refractivity contribution in [2.24, 2.45) is 5.41 Å². The molecule has 4 heteroatoms. The summed E-state index contributed by atoms with van der Waals surface area (Å²) >= 11 is 1.96. The average Bonchev–Trinajstić information content (AvgIpc) is 2.32. The number of anilines is 1. The summed E-state index contributed by atoms with van der Waals surface area (Å²) in [5.74, 6) is 2.25. The van der Waals surface area contributed by atoms with Crippen molar-refractivity contribution in [2.45, 2.75) is 26.3 Å². The molecule has 1 aliphatic heterocycles. The van der Waals surface area contributed by atoms with Gasteiger partial charge < -0.3 is 10.1 Å². The normalized spacial score (nSPS) is 22.6. The first-order valence-electron chi connectivity index (χ1n) is 6.21. The highest BCUT2D eigenvalue weighted by atomic mass is 32.2. The van der Waals surface area contributed by atoms with Crippen LogP contribution in [0.25, 0.3) is 0 Å². The number of methoxy groups -OCH3 is 1. The average molecular weight is 269 g/mol. The molecule has 2 nitrogen and oxygen atoms in total. The van der Waals surface area contributed by atoms with Crippen molar-refractivity contribution in [2.75, 3.05) is 23.9 Å². The van der Waals surface area contributed by atoms with E-state index in [2.05, 4.69) is 19.2 Å². The third-order valence-electron chi connectivity index (χ3n) is 3.61. The van der Waals surface area contributed by atoms with Crippen molar-refractivity contribution in [3.63, 3.8) is 0 Å². The molecule has 1 heterocycles. The van der Waals surface area contributed by atoms with Crippen LogP contribution in [0.5, 0.6) is 5.75 Å². The van der Waals surface area contributed by atoms with Gasteiger partial charge in [-0.2, -0.15) is 11.8 Å². The number of hydrogen-bond donors (Lipinski definition) is 1. The molecule has 0 spiro atoms. The fourth-order valence-electron chi connectivity index (χ4n) is 2.13. The topological polar surface area (TPSA) is 21.3 Å². The highest BCUT2D eigenvalue weighted by Crippen LogP contribution is 2.36. The predicted octanol–water partition coefficient (Wildman–Crippen LogP) is 3.78. The lowest BCUT2D eigenvalue weighted by Gasteiger charge is -2.39. The summed E-state index contributed by atoms with van der Waals surface area (Å²) in [6.07, 6.45) is 1.19. The molecule has 0 amide bonds. The first-order valence-corrected chi connectivity index (χ1v) is 7.36. The van der Waals surface area contributed by atoms with Crippen LogP contribution < -0.4 is 10.1 Å². The molecule has 1 N–H and O–H groups in total. The Morgan fingerprint density at radius 3 is 2.83 bits per heavy atom. The number of halogens is 1. The van der Waals surface area contributed by atoms with Gasteiger partial charge in [0.2, 0.25) is 0 Å². The Morgan fingerprint density at radius 1 is 1.44 bits per heavy atom. The van der Waals surface area contributed by atoms with Gasteiger partial charge in [0.1, 0.15) is 0 Å². The molecule has 1 unspecified atom stereocenters. The van der Waals surface area contributed by atoms with Crippen LogP contribution in [0.2, 0.25) is 0 Å². The smallest absolute Gasteiger partial charge is 0.167 e. The Kier molecular flexibility index (Phi) is 4.05. The van der Waals surface area contributed by atoms with Gasteiger partial charge in [-0.05, 0) is 29.7 Å². The maximum Gasteiger partial charge on any atom is 0.167 e. The van der Waals surface area contributed by atoms with Crippen molar-refractivity contribution in [3.05, 3.63) is 24.0 Å². The lowest BCUT2D eigenvalue weighted by molar-refractivity contribution is 0.305. The molecule has 0 aromatic heterocycles. The van der Waals surface area contributed by atoms with Crippen LogP contribution in [0.1, 0.15) is 20.3 Å². The van der Waals surface area contributed by atoms with Gasteiger partial charge in [-0.25, -0.2) is 4.39 Å². The summed E-state index contributed by atoms with van der Waals surface area (Å²) in [6.45, 7) is 4.54. The number of thioether (sulfide) groups is 1. The molecule has 100 valence electrons. The number of benzene rings is 1. The fourth-order valence-corrected chi connectivity index (χ4v) is 3.74. The quantitative estimate of drug-likeness (QED) is 0.902. The van der Waals surface area contributed by atoms with Gasteiger partial charge in [-0.1, -0.05) is 13.8 Å². The van der Waals surface area contributed by atoms with Crippen LogP contribution in [-0.2, 0) is 0 Å². The molecule has 0 saturated carbocycles. The molecule has 0 aliphatic carbocycles. The van der Waals surface area contributed by atoms with Gasteiger partial charge in [0.25, 0.3) is 0 Å². The van der Waals surface area contributed by atoms with Gasteiger partial charge >= 0.3 is 0 Å². The summed E-state index contributed by atoms with van der Waals surface area (Å²) in [7, 11) is 1.48. The second-order valence-electron chi connectivity index (χ2n) is 5.36. The van der Waals surface area contributed by atoms with Crippen molar-refractivity contribution < 1.29 is 9.13 Å². The summed E-state index contributed by atoms with van der Waals surface area (Å²) in [5.41, 5.74) is 1.08. The van der Waals surface area contributed by atoms with E-state index in [9.17, 15) is 4.39 Å². The first kappa shape index (κ1) is 13.5. The highest BCUT2D eigenvalue weighted by Gasteiger charge is 2.32. The Hall–Kier alpha value is -0.900. The standard InChI is InChI=1S/C14H20FNOS/c1-14(2)6-7-18-9-13(14)16-10-4-5-12(17-3)11(15)8-10/h4-5,8,13,16H,6-7,9H2,1-3H3. The summed E-state index contributed by atoms with van der Waals surface area (Å²) in [6, 6.07) is 5.43. The lowest BCUT2D eigenvalue weighted by atomic mass is 9.82. The molecule has 0 bridgehead atoms. The zero-order valence-electron chi connectivity index (χ0n) is 11.1. The summed E-state index contributed by atoms with van der Waals surface area (Å²) in [5, 5.41) is 3.45. The second kappa shape index (κ2) is 5.39. The predicted molar refractivity (Wildman–Crippen MR) is 76.1 cm³/mol. The molecule has 1 saturated heterocycles. The van der Waals surface area contributed by atoms with Crippen LogP contribution >= 0.6 is 11.8 Å². The monoisotopic (exact) mass is 269 g/mol. The number of hydrogen-bond acceptors (Lipinski definition) is 3. The Bertz CT molecular complexity index is 422. The second-order valence-corrected chi connectivity index (χ2v) is 6.51. The van der Waals surface area contributed by atoms with Gasteiger partial charge in [-0.3, -0.25) is 0 Å². The lowest BCUT2D eigenvalue weighted by Crippen LogP contribution is -2.41. The van der Waals surface area contributed by atoms with Crippen molar-refractivity contribution >= 4 is 17.4 Å². The SMILES string of the molecule is COc1ccc(NC2CSCCC2(C)C)cc1F. The van der Waals surface area contributed by atoms with Crippen LogP contribution in [0.3, 0.4) is 0 Å². The van der Waals surface area contributed by atoms with E-state index in [1.807, 2.05) is 17.8 Å².